The minimum atomic E-state index is 0.310. The van der Waals surface area contributed by atoms with E-state index in [-0.39, 0.29) is 0 Å². The average Bonchev–Trinajstić information content (AvgIpc) is 2.35. The number of phenols is 1. The Morgan fingerprint density at radius 1 is 1.18 bits per heavy atom. The summed E-state index contributed by atoms with van der Waals surface area (Å²) >= 11 is 3.35. The summed E-state index contributed by atoms with van der Waals surface area (Å²) in [7, 11) is 0. The Hall–Kier alpha value is -0.580. The lowest BCUT2D eigenvalue weighted by Gasteiger charge is -2.34. The lowest BCUT2D eigenvalue weighted by Crippen LogP contribution is -2.45. The Morgan fingerprint density at radius 2 is 1.82 bits per heavy atom. The van der Waals surface area contributed by atoms with E-state index in [1.165, 1.54) is 5.56 Å². The third-order valence-corrected chi connectivity index (χ3v) is 3.97. The van der Waals surface area contributed by atoms with Crippen LogP contribution in [0.3, 0.4) is 0 Å². The molecule has 1 heterocycles. The second kappa shape index (κ2) is 5.85. The van der Waals surface area contributed by atoms with Crippen LogP contribution < -0.4 is 0 Å². The molecule has 4 heteroatoms. The second-order valence-corrected chi connectivity index (χ2v) is 5.35. The lowest BCUT2D eigenvalue weighted by molar-refractivity contribution is 0.132. The van der Waals surface area contributed by atoms with Crippen LogP contribution in [0.5, 0.6) is 5.75 Å². The minimum absolute atomic E-state index is 0.310. The van der Waals surface area contributed by atoms with Gasteiger partial charge >= 0.3 is 0 Å². The van der Waals surface area contributed by atoms with E-state index in [1.807, 2.05) is 12.1 Å². The Morgan fingerprint density at radius 3 is 2.41 bits per heavy atom. The van der Waals surface area contributed by atoms with Crippen LogP contribution in [0.2, 0.25) is 0 Å². The fourth-order valence-electron chi connectivity index (χ4n) is 2.17. The largest absolute Gasteiger partial charge is 0.507 e. The molecule has 17 heavy (non-hydrogen) atoms. The second-order valence-electron chi connectivity index (χ2n) is 4.50. The van der Waals surface area contributed by atoms with E-state index in [4.69, 9.17) is 0 Å². The van der Waals surface area contributed by atoms with Gasteiger partial charge in [-0.2, -0.15) is 0 Å². The number of piperazine rings is 1. The Bertz CT molecular complexity index is 376. The lowest BCUT2D eigenvalue weighted by atomic mass is 10.2. The van der Waals surface area contributed by atoms with Gasteiger partial charge in [0.15, 0.2) is 0 Å². The summed E-state index contributed by atoms with van der Waals surface area (Å²) in [6, 6.07) is 5.75. The minimum Gasteiger partial charge on any atom is -0.507 e. The molecule has 0 unspecified atom stereocenters. The number of rotatable bonds is 3. The Balaban J connectivity index is 1.91. The highest BCUT2D eigenvalue weighted by atomic mass is 79.9. The molecule has 1 aromatic carbocycles. The predicted molar refractivity (Wildman–Crippen MR) is 73.2 cm³/mol. The van der Waals surface area contributed by atoms with Crippen molar-refractivity contribution in [2.75, 3.05) is 32.7 Å². The molecule has 2 rings (SSSR count). The molecule has 1 aliphatic heterocycles. The zero-order valence-electron chi connectivity index (χ0n) is 10.2. The van der Waals surface area contributed by atoms with Gasteiger partial charge in [-0.1, -0.05) is 13.0 Å². The number of nitrogens with zero attached hydrogens (tertiary/aromatic N) is 2. The topological polar surface area (TPSA) is 26.7 Å². The van der Waals surface area contributed by atoms with Crippen LogP contribution in [-0.2, 0) is 6.54 Å². The molecule has 1 N–H and O–H groups in total. The molecule has 0 aromatic heterocycles. The molecular formula is C13H19BrN2O. The van der Waals surface area contributed by atoms with Crippen molar-refractivity contribution in [3.05, 3.63) is 28.2 Å². The Kier molecular flexibility index (Phi) is 4.42. The molecule has 1 aromatic rings. The van der Waals surface area contributed by atoms with Gasteiger partial charge in [0.05, 0.1) is 4.47 Å². The van der Waals surface area contributed by atoms with Gasteiger partial charge in [-0.25, -0.2) is 0 Å². The first-order valence-electron chi connectivity index (χ1n) is 6.11. The van der Waals surface area contributed by atoms with E-state index < -0.39 is 0 Å². The Labute approximate surface area is 111 Å². The van der Waals surface area contributed by atoms with Gasteiger partial charge in [-0.05, 0) is 40.2 Å². The van der Waals surface area contributed by atoms with Crippen LogP contribution in [0, 0.1) is 0 Å². The standard InChI is InChI=1S/C13H19BrN2O/c1-2-15-5-7-16(8-6-15)10-11-3-4-13(17)12(14)9-11/h3-4,9,17H,2,5-8,10H2,1H3. The van der Waals surface area contributed by atoms with Crippen LogP contribution in [0.4, 0.5) is 0 Å². The first kappa shape index (κ1) is 12.9. The molecule has 1 saturated heterocycles. The quantitative estimate of drug-likeness (QED) is 0.927. The van der Waals surface area contributed by atoms with E-state index in [2.05, 4.69) is 32.7 Å². The number of benzene rings is 1. The third-order valence-electron chi connectivity index (χ3n) is 3.33. The number of phenolic OH excluding ortho intramolecular Hbond substituents is 1. The maximum absolute atomic E-state index is 9.45. The molecule has 0 radical (unpaired) electrons. The highest BCUT2D eigenvalue weighted by molar-refractivity contribution is 9.10. The van der Waals surface area contributed by atoms with Crippen molar-refractivity contribution in [3.63, 3.8) is 0 Å². The van der Waals surface area contributed by atoms with Crippen LogP contribution >= 0.6 is 15.9 Å². The molecule has 0 atom stereocenters. The zero-order valence-corrected chi connectivity index (χ0v) is 11.8. The fourth-order valence-corrected chi connectivity index (χ4v) is 2.60. The zero-order chi connectivity index (χ0) is 12.3. The summed E-state index contributed by atoms with van der Waals surface area (Å²) in [5.74, 6) is 0.310. The van der Waals surface area contributed by atoms with Crippen molar-refractivity contribution >= 4 is 15.9 Å². The highest BCUT2D eigenvalue weighted by Crippen LogP contribution is 2.25. The molecule has 0 saturated carbocycles. The molecule has 1 fully saturated rings. The summed E-state index contributed by atoms with van der Waals surface area (Å²) < 4.78 is 0.780. The van der Waals surface area contributed by atoms with E-state index >= 15 is 0 Å². The number of hydrogen-bond acceptors (Lipinski definition) is 3. The van der Waals surface area contributed by atoms with Crippen LogP contribution in [0.25, 0.3) is 0 Å². The van der Waals surface area contributed by atoms with Crippen LogP contribution in [0.1, 0.15) is 12.5 Å². The van der Waals surface area contributed by atoms with Gasteiger partial charge in [-0.15, -0.1) is 0 Å². The summed E-state index contributed by atoms with van der Waals surface area (Å²) in [4.78, 5) is 4.94. The SMILES string of the molecule is CCN1CCN(Cc2ccc(O)c(Br)c2)CC1. The molecule has 0 bridgehead atoms. The number of aromatic hydroxyl groups is 1. The third kappa shape index (κ3) is 3.44. The average molecular weight is 299 g/mol. The normalized spacial score (nSPS) is 18.5. The fraction of sp³-hybridized carbons (Fsp3) is 0.538. The first-order chi connectivity index (χ1) is 8.19. The monoisotopic (exact) mass is 298 g/mol. The number of halogens is 1. The van der Waals surface area contributed by atoms with E-state index in [0.29, 0.717) is 5.75 Å². The number of hydrogen-bond donors (Lipinski definition) is 1. The molecule has 94 valence electrons. The molecule has 0 amide bonds. The molecule has 0 spiro atoms. The summed E-state index contributed by atoms with van der Waals surface area (Å²) in [6.45, 7) is 8.92. The molecular weight excluding hydrogens is 280 g/mol. The maximum atomic E-state index is 9.45. The summed E-state index contributed by atoms with van der Waals surface area (Å²) in [6.07, 6.45) is 0. The van der Waals surface area contributed by atoms with Crippen LogP contribution in [-0.4, -0.2) is 47.6 Å². The summed E-state index contributed by atoms with van der Waals surface area (Å²) in [5, 5.41) is 9.45. The van der Waals surface area contributed by atoms with Gasteiger partial charge in [0.1, 0.15) is 5.75 Å². The van der Waals surface area contributed by atoms with Gasteiger partial charge in [0, 0.05) is 32.7 Å². The predicted octanol–water partition coefficient (Wildman–Crippen LogP) is 2.29. The van der Waals surface area contributed by atoms with Crippen molar-refractivity contribution in [2.45, 2.75) is 13.5 Å². The van der Waals surface area contributed by atoms with E-state index in [1.54, 1.807) is 6.07 Å². The smallest absolute Gasteiger partial charge is 0.129 e. The highest BCUT2D eigenvalue weighted by Gasteiger charge is 2.15. The van der Waals surface area contributed by atoms with Gasteiger partial charge in [0.25, 0.3) is 0 Å². The summed E-state index contributed by atoms with van der Waals surface area (Å²) in [5.41, 5.74) is 1.25. The van der Waals surface area contributed by atoms with E-state index in [9.17, 15) is 5.11 Å². The van der Waals surface area contributed by atoms with Crippen molar-refractivity contribution in [1.82, 2.24) is 9.80 Å². The van der Waals surface area contributed by atoms with Crippen LogP contribution in [0.15, 0.2) is 22.7 Å². The maximum Gasteiger partial charge on any atom is 0.129 e. The van der Waals surface area contributed by atoms with Gasteiger partial charge in [-0.3, -0.25) is 4.90 Å². The van der Waals surface area contributed by atoms with Crippen molar-refractivity contribution in [1.29, 1.82) is 0 Å². The molecule has 3 nitrogen and oxygen atoms in total. The van der Waals surface area contributed by atoms with Crippen molar-refractivity contribution in [2.24, 2.45) is 0 Å². The van der Waals surface area contributed by atoms with Gasteiger partial charge < -0.3 is 10.0 Å². The van der Waals surface area contributed by atoms with Crippen molar-refractivity contribution in [3.8, 4) is 5.75 Å². The van der Waals surface area contributed by atoms with Crippen molar-refractivity contribution < 1.29 is 5.11 Å². The molecule has 0 aliphatic carbocycles. The van der Waals surface area contributed by atoms with E-state index in [0.717, 1.165) is 43.7 Å². The van der Waals surface area contributed by atoms with Gasteiger partial charge in [0.2, 0.25) is 0 Å². The first-order valence-corrected chi connectivity index (χ1v) is 6.90. The number of likely N-dealkylation sites (N-methyl/N-ethyl adjacent to an activating group) is 1. The molecule has 1 aliphatic rings.